The van der Waals surface area contributed by atoms with E-state index in [0.717, 1.165) is 11.4 Å². The third-order valence-corrected chi connectivity index (χ3v) is 3.51. The zero-order valence-electron chi connectivity index (χ0n) is 13.6. The molecule has 0 bridgehead atoms. The molecule has 0 aliphatic rings. The zero-order valence-corrected chi connectivity index (χ0v) is 13.6. The second kappa shape index (κ2) is 6.19. The first-order chi connectivity index (χ1) is 11.5. The summed E-state index contributed by atoms with van der Waals surface area (Å²) in [5.41, 5.74) is 2.06. The van der Waals surface area contributed by atoms with Crippen LogP contribution in [-0.2, 0) is 4.74 Å². The van der Waals surface area contributed by atoms with Crippen molar-refractivity contribution >= 4 is 17.5 Å². The molecule has 2 heterocycles. The topological polar surface area (TPSA) is 86.5 Å². The van der Waals surface area contributed by atoms with Gasteiger partial charge in [-0.25, -0.2) is 14.3 Å². The Morgan fingerprint density at radius 3 is 2.54 bits per heavy atom. The minimum absolute atomic E-state index is 0.121. The van der Waals surface area contributed by atoms with Gasteiger partial charge in [-0.3, -0.25) is 4.79 Å². The molecule has 7 heteroatoms. The van der Waals surface area contributed by atoms with Gasteiger partial charge in [-0.2, -0.15) is 4.98 Å². The Morgan fingerprint density at radius 2 is 1.83 bits per heavy atom. The van der Waals surface area contributed by atoms with Gasteiger partial charge in [-0.05, 0) is 26.8 Å². The molecular weight excluding hydrogens is 308 g/mol. The first-order valence-electron chi connectivity index (χ1n) is 7.47. The summed E-state index contributed by atoms with van der Waals surface area (Å²) in [5, 5.41) is 4.10. The van der Waals surface area contributed by atoms with E-state index in [1.807, 2.05) is 26.0 Å². The van der Waals surface area contributed by atoms with Crippen molar-refractivity contribution in [2.45, 2.75) is 26.9 Å². The Morgan fingerprint density at radius 1 is 1.12 bits per heavy atom. The smallest absolute Gasteiger partial charge is 0.379 e. The fourth-order valence-electron chi connectivity index (χ4n) is 2.36. The van der Waals surface area contributed by atoms with Crippen molar-refractivity contribution in [1.82, 2.24) is 19.6 Å². The van der Waals surface area contributed by atoms with Gasteiger partial charge in [0.2, 0.25) is 5.78 Å². The number of nitrogens with zero attached hydrogens (tertiary/aromatic N) is 4. The molecule has 0 fully saturated rings. The van der Waals surface area contributed by atoms with Crippen molar-refractivity contribution in [2.24, 2.45) is 0 Å². The van der Waals surface area contributed by atoms with Crippen LogP contribution in [-0.4, -0.2) is 37.4 Å². The number of benzene rings is 1. The average molecular weight is 324 g/mol. The van der Waals surface area contributed by atoms with Crippen LogP contribution in [0.5, 0.6) is 0 Å². The Balaban J connectivity index is 1.80. The van der Waals surface area contributed by atoms with Gasteiger partial charge in [0, 0.05) is 17.0 Å². The molecule has 7 nitrogen and oxygen atoms in total. The maximum Gasteiger partial charge on any atom is 0.379 e. The quantitative estimate of drug-likeness (QED) is 0.540. The number of Topliss-reactive ketones (excluding diaryl/α,β-unsaturated/α-hetero) is 1. The standard InChI is InChI=1S/C17H16N4O3/c1-10-9-11(2)21-17(18-10)19-15(20-21)16(23)24-12(3)14(22)13-7-5-4-6-8-13/h4-9,12H,1-3H3. The molecule has 0 aliphatic heterocycles. The molecule has 24 heavy (non-hydrogen) atoms. The van der Waals surface area contributed by atoms with E-state index in [1.54, 1.807) is 24.3 Å². The summed E-state index contributed by atoms with van der Waals surface area (Å²) in [6.07, 6.45) is -0.928. The first-order valence-corrected chi connectivity index (χ1v) is 7.47. The monoisotopic (exact) mass is 324 g/mol. The van der Waals surface area contributed by atoms with Gasteiger partial charge in [-0.1, -0.05) is 30.3 Å². The fraction of sp³-hybridized carbons (Fsp3) is 0.235. The summed E-state index contributed by atoms with van der Waals surface area (Å²) < 4.78 is 6.66. The normalized spacial score (nSPS) is 12.1. The van der Waals surface area contributed by atoms with Gasteiger partial charge >= 0.3 is 5.97 Å². The summed E-state index contributed by atoms with van der Waals surface area (Å²) in [6, 6.07) is 10.5. The van der Waals surface area contributed by atoms with Crippen molar-refractivity contribution in [3.8, 4) is 0 Å². The molecule has 0 amide bonds. The minimum atomic E-state index is -0.928. The van der Waals surface area contributed by atoms with E-state index in [0.29, 0.717) is 11.3 Å². The highest BCUT2D eigenvalue weighted by Gasteiger charge is 2.23. The van der Waals surface area contributed by atoms with Crippen LogP contribution in [0.2, 0.25) is 0 Å². The number of hydrogen-bond donors (Lipinski definition) is 0. The molecule has 1 atom stereocenters. The van der Waals surface area contributed by atoms with Gasteiger partial charge < -0.3 is 4.74 Å². The van der Waals surface area contributed by atoms with Crippen molar-refractivity contribution < 1.29 is 14.3 Å². The van der Waals surface area contributed by atoms with Crippen LogP contribution in [0.15, 0.2) is 36.4 Å². The maximum atomic E-state index is 12.2. The fourth-order valence-corrected chi connectivity index (χ4v) is 2.36. The molecule has 2 aromatic heterocycles. The molecule has 1 unspecified atom stereocenters. The van der Waals surface area contributed by atoms with Crippen molar-refractivity contribution in [2.75, 3.05) is 0 Å². The summed E-state index contributed by atoms with van der Waals surface area (Å²) >= 11 is 0. The number of ketones is 1. The van der Waals surface area contributed by atoms with E-state index >= 15 is 0 Å². The number of carbonyl (C=O) groups is 2. The van der Waals surface area contributed by atoms with Crippen LogP contribution in [0.25, 0.3) is 5.78 Å². The number of rotatable bonds is 4. The molecular formula is C17H16N4O3. The molecule has 0 spiro atoms. The van der Waals surface area contributed by atoms with Gasteiger partial charge in [0.15, 0.2) is 6.10 Å². The summed E-state index contributed by atoms with van der Waals surface area (Å²) in [5.74, 6) is -0.836. The van der Waals surface area contributed by atoms with E-state index in [1.165, 1.54) is 11.4 Å². The van der Waals surface area contributed by atoms with Crippen molar-refractivity contribution in [3.05, 3.63) is 59.2 Å². The lowest BCUT2D eigenvalue weighted by molar-refractivity contribution is 0.0307. The molecule has 0 aliphatic carbocycles. The van der Waals surface area contributed by atoms with Crippen LogP contribution in [0.4, 0.5) is 0 Å². The number of aromatic nitrogens is 4. The van der Waals surface area contributed by atoms with E-state index < -0.39 is 12.1 Å². The Kier molecular flexibility index (Phi) is 4.07. The predicted octanol–water partition coefficient (Wildman–Crippen LogP) is 2.17. The Labute approximate surface area is 138 Å². The van der Waals surface area contributed by atoms with Gasteiger partial charge in [0.1, 0.15) is 0 Å². The van der Waals surface area contributed by atoms with Crippen LogP contribution in [0.3, 0.4) is 0 Å². The highest BCUT2D eigenvalue weighted by atomic mass is 16.5. The molecule has 0 radical (unpaired) electrons. The highest BCUT2D eigenvalue weighted by molar-refractivity contribution is 6.00. The molecule has 0 N–H and O–H groups in total. The minimum Gasteiger partial charge on any atom is -0.448 e. The lowest BCUT2D eigenvalue weighted by Gasteiger charge is -2.10. The number of esters is 1. The summed E-state index contributed by atoms with van der Waals surface area (Å²) in [7, 11) is 0. The predicted molar refractivity (Wildman–Crippen MR) is 85.9 cm³/mol. The summed E-state index contributed by atoms with van der Waals surface area (Å²) in [4.78, 5) is 32.8. The molecule has 0 saturated heterocycles. The SMILES string of the molecule is Cc1cc(C)n2nc(C(=O)OC(C)C(=O)c3ccccc3)nc2n1. The van der Waals surface area contributed by atoms with Crippen molar-refractivity contribution in [1.29, 1.82) is 0 Å². The average Bonchev–Trinajstić information content (AvgIpc) is 2.99. The zero-order chi connectivity index (χ0) is 17.3. The molecule has 122 valence electrons. The number of fused-ring (bicyclic) bond motifs is 1. The number of hydrogen-bond acceptors (Lipinski definition) is 6. The van der Waals surface area contributed by atoms with Crippen LogP contribution >= 0.6 is 0 Å². The first kappa shape index (κ1) is 15.8. The Bertz CT molecular complexity index is 918. The van der Waals surface area contributed by atoms with Gasteiger partial charge in [-0.15, -0.1) is 5.10 Å². The largest absolute Gasteiger partial charge is 0.448 e. The lowest BCUT2D eigenvalue weighted by atomic mass is 10.1. The number of carbonyl (C=O) groups excluding carboxylic acids is 2. The highest BCUT2D eigenvalue weighted by Crippen LogP contribution is 2.10. The molecule has 3 rings (SSSR count). The van der Waals surface area contributed by atoms with Crippen LogP contribution < -0.4 is 0 Å². The van der Waals surface area contributed by atoms with Crippen LogP contribution in [0, 0.1) is 13.8 Å². The van der Waals surface area contributed by atoms with Gasteiger partial charge in [0.25, 0.3) is 11.6 Å². The lowest BCUT2D eigenvalue weighted by Crippen LogP contribution is -2.25. The number of ether oxygens (including phenoxy) is 1. The second-order valence-corrected chi connectivity index (χ2v) is 5.46. The van der Waals surface area contributed by atoms with E-state index in [9.17, 15) is 9.59 Å². The van der Waals surface area contributed by atoms with Crippen molar-refractivity contribution in [3.63, 3.8) is 0 Å². The maximum absolute atomic E-state index is 12.2. The van der Waals surface area contributed by atoms with Crippen LogP contribution in [0.1, 0.15) is 39.3 Å². The molecule has 0 saturated carbocycles. The third kappa shape index (κ3) is 3.01. The number of aryl methyl sites for hydroxylation is 2. The second-order valence-electron chi connectivity index (χ2n) is 5.46. The molecule has 3 aromatic rings. The van der Waals surface area contributed by atoms with Gasteiger partial charge in [0.05, 0.1) is 0 Å². The Hall–Kier alpha value is -3.09. The van der Waals surface area contributed by atoms with E-state index in [-0.39, 0.29) is 11.6 Å². The summed E-state index contributed by atoms with van der Waals surface area (Å²) in [6.45, 7) is 5.20. The molecule has 1 aromatic carbocycles. The third-order valence-electron chi connectivity index (χ3n) is 3.51. The van der Waals surface area contributed by atoms with E-state index in [4.69, 9.17) is 4.74 Å². The van der Waals surface area contributed by atoms with E-state index in [2.05, 4.69) is 15.1 Å².